The summed E-state index contributed by atoms with van der Waals surface area (Å²) in [5.41, 5.74) is 3.26. The lowest BCUT2D eigenvalue weighted by molar-refractivity contribution is -0.146. The fourth-order valence-corrected chi connectivity index (χ4v) is 4.30. The lowest BCUT2D eigenvalue weighted by Crippen LogP contribution is -2.52. The maximum absolute atomic E-state index is 12.9. The molecule has 1 aromatic heterocycles. The largest absolute Gasteiger partial charge is 0.479 e. The van der Waals surface area contributed by atoms with Gasteiger partial charge in [0.05, 0.1) is 18.0 Å². The fraction of sp³-hybridized carbons (Fsp3) is 0.292. The number of nitrogens with zero attached hydrogens (tertiary/aromatic N) is 2. The minimum Gasteiger partial charge on any atom is -0.479 e. The van der Waals surface area contributed by atoms with Crippen LogP contribution in [0, 0.1) is 0 Å². The van der Waals surface area contributed by atoms with Gasteiger partial charge in [0.25, 0.3) is 5.91 Å². The number of carbonyl (C=O) groups excluding carboxylic acids is 2. The number of aromatic nitrogens is 1. The minimum atomic E-state index is -0.755. The molecule has 0 radical (unpaired) electrons. The molecule has 0 bridgehead atoms. The molecule has 0 saturated heterocycles. The normalized spacial score (nSPS) is 16.4. The van der Waals surface area contributed by atoms with Gasteiger partial charge in [0, 0.05) is 16.5 Å². The zero-order valence-corrected chi connectivity index (χ0v) is 18.5. The zero-order chi connectivity index (χ0) is 22.0. The summed E-state index contributed by atoms with van der Waals surface area (Å²) in [5, 5.41) is 2.91. The summed E-state index contributed by atoms with van der Waals surface area (Å²) in [4.78, 5) is 31.7. The molecule has 7 heteroatoms. The van der Waals surface area contributed by atoms with Gasteiger partial charge in [0.15, 0.2) is 6.10 Å². The summed E-state index contributed by atoms with van der Waals surface area (Å²) in [7, 11) is 0. The Bertz CT molecular complexity index is 1100. The third-order valence-corrected chi connectivity index (χ3v) is 6.00. The Morgan fingerprint density at radius 2 is 2.00 bits per heavy atom. The summed E-state index contributed by atoms with van der Waals surface area (Å²) in [5.74, 6) is -0.140. The van der Waals surface area contributed by atoms with Crippen LogP contribution in [0.3, 0.4) is 0 Å². The Labute approximate surface area is 185 Å². The number of rotatable bonds is 6. The van der Waals surface area contributed by atoms with E-state index in [1.165, 1.54) is 4.90 Å². The Morgan fingerprint density at radius 1 is 1.23 bits per heavy atom. The van der Waals surface area contributed by atoms with Crippen LogP contribution in [-0.4, -0.2) is 35.6 Å². The average molecular weight is 437 g/mol. The van der Waals surface area contributed by atoms with Gasteiger partial charge in [-0.05, 0) is 38.5 Å². The smallest absolute Gasteiger partial charge is 0.328 e. The maximum Gasteiger partial charge on any atom is 0.328 e. The van der Waals surface area contributed by atoms with E-state index in [-0.39, 0.29) is 5.91 Å². The van der Waals surface area contributed by atoms with Gasteiger partial charge < -0.3 is 9.47 Å². The standard InChI is InChI=1S/C24H24N2O4S/c1-4-12-29-24(28)15(2)26-20-13-18(10-11-21(20)30-16(3)23(26)27)19-14-31-22(25-19)17-8-6-5-7-9-17/h5-11,13-16H,4,12H2,1-3H3. The lowest BCUT2D eigenvalue weighted by Gasteiger charge is -2.36. The van der Waals surface area contributed by atoms with Gasteiger partial charge >= 0.3 is 5.97 Å². The summed E-state index contributed by atoms with van der Waals surface area (Å²) in [6, 6.07) is 14.8. The highest BCUT2D eigenvalue weighted by atomic mass is 32.1. The van der Waals surface area contributed by atoms with Crippen molar-refractivity contribution in [3.05, 3.63) is 53.9 Å². The van der Waals surface area contributed by atoms with Crippen molar-refractivity contribution < 1.29 is 19.1 Å². The van der Waals surface area contributed by atoms with E-state index in [4.69, 9.17) is 14.5 Å². The summed E-state index contributed by atoms with van der Waals surface area (Å²) in [6.45, 7) is 5.62. The number of carbonyl (C=O) groups is 2. The highest BCUT2D eigenvalue weighted by Crippen LogP contribution is 2.39. The van der Waals surface area contributed by atoms with Crippen LogP contribution >= 0.6 is 11.3 Å². The molecule has 0 aliphatic carbocycles. The number of benzene rings is 2. The molecule has 4 rings (SSSR count). The lowest BCUT2D eigenvalue weighted by atomic mass is 10.1. The number of thiazole rings is 1. The van der Waals surface area contributed by atoms with E-state index in [1.807, 2.05) is 60.8 Å². The molecule has 2 heterocycles. The SMILES string of the molecule is CCCOC(=O)C(C)N1C(=O)C(C)Oc2ccc(-c3csc(-c4ccccc4)n3)cc21. The first-order valence-corrected chi connectivity index (χ1v) is 11.2. The molecule has 0 fully saturated rings. The Balaban J connectivity index is 1.69. The van der Waals surface area contributed by atoms with Crippen molar-refractivity contribution in [3.63, 3.8) is 0 Å². The van der Waals surface area contributed by atoms with Crippen molar-refractivity contribution in [2.24, 2.45) is 0 Å². The van der Waals surface area contributed by atoms with Gasteiger partial charge in [0.2, 0.25) is 0 Å². The van der Waals surface area contributed by atoms with E-state index in [0.717, 1.165) is 28.2 Å². The van der Waals surface area contributed by atoms with Gasteiger partial charge in [-0.25, -0.2) is 9.78 Å². The van der Waals surface area contributed by atoms with E-state index >= 15 is 0 Å². The molecule has 1 amide bonds. The Morgan fingerprint density at radius 3 is 2.74 bits per heavy atom. The molecule has 3 aromatic rings. The van der Waals surface area contributed by atoms with Crippen molar-refractivity contribution in [2.45, 2.75) is 39.3 Å². The van der Waals surface area contributed by atoms with Gasteiger partial charge in [-0.15, -0.1) is 11.3 Å². The number of anilines is 1. The molecule has 1 aliphatic rings. The molecule has 1 aliphatic heterocycles. The van der Waals surface area contributed by atoms with Crippen molar-refractivity contribution >= 4 is 28.9 Å². The van der Waals surface area contributed by atoms with Crippen LogP contribution in [0.1, 0.15) is 27.2 Å². The second-order valence-corrected chi connectivity index (χ2v) is 8.26. The van der Waals surface area contributed by atoms with E-state index in [1.54, 1.807) is 25.2 Å². The van der Waals surface area contributed by atoms with Crippen LogP contribution in [0.5, 0.6) is 5.75 Å². The third-order valence-electron chi connectivity index (χ3n) is 5.10. The highest BCUT2D eigenvalue weighted by molar-refractivity contribution is 7.13. The molecule has 0 N–H and O–H groups in total. The number of esters is 1. The van der Waals surface area contributed by atoms with E-state index in [0.29, 0.717) is 18.0 Å². The summed E-state index contributed by atoms with van der Waals surface area (Å²) in [6.07, 6.45) is 0.0453. The first-order valence-electron chi connectivity index (χ1n) is 10.3. The van der Waals surface area contributed by atoms with Gasteiger partial charge in [-0.3, -0.25) is 9.69 Å². The first-order chi connectivity index (χ1) is 15.0. The van der Waals surface area contributed by atoms with Gasteiger partial charge in [-0.1, -0.05) is 37.3 Å². The van der Waals surface area contributed by atoms with Gasteiger partial charge in [0.1, 0.15) is 16.8 Å². The predicted octanol–water partition coefficient (Wildman–Crippen LogP) is 4.93. The van der Waals surface area contributed by atoms with Crippen LogP contribution < -0.4 is 9.64 Å². The summed E-state index contributed by atoms with van der Waals surface area (Å²) >= 11 is 1.56. The number of ether oxygens (including phenoxy) is 2. The maximum atomic E-state index is 12.9. The second-order valence-electron chi connectivity index (χ2n) is 7.40. The van der Waals surface area contributed by atoms with E-state index in [9.17, 15) is 9.59 Å². The van der Waals surface area contributed by atoms with Crippen molar-refractivity contribution in [2.75, 3.05) is 11.5 Å². The molecule has 0 spiro atoms. The highest BCUT2D eigenvalue weighted by Gasteiger charge is 2.38. The van der Waals surface area contributed by atoms with E-state index < -0.39 is 18.1 Å². The second kappa shape index (κ2) is 8.89. The molecule has 2 unspecified atom stereocenters. The summed E-state index contributed by atoms with van der Waals surface area (Å²) < 4.78 is 11.1. The minimum absolute atomic E-state index is 0.270. The Hall–Kier alpha value is -3.19. The topological polar surface area (TPSA) is 68.7 Å². The molecule has 31 heavy (non-hydrogen) atoms. The van der Waals surface area contributed by atoms with Crippen LogP contribution in [0.4, 0.5) is 5.69 Å². The zero-order valence-electron chi connectivity index (χ0n) is 17.7. The Kier molecular flexibility index (Phi) is 6.04. The predicted molar refractivity (Wildman–Crippen MR) is 121 cm³/mol. The van der Waals surface area contributed by atoms with Crippen molar-refractivity contribution in [1.29, 1.82) is 0 Å². The molecule has 6 nitrogen and oxygen atoms in total. The fourth-order valence-electron chi connectivity index (χ4n) is 3.47. The third kappa shape index (κ3) is 4.18. The molecule has 160 valence electrons. The van der Waals surface area contributed by atoms with E-state index in [2.05, 4.69) is 0 Å². The van der Waals surface area contributed by atoms with Crippen molar-refractivity contribution in [3.8, 4) is 27.6 Å². The molecular weight excluding hydrogens is 412 g/mol. The molecule has 2 atom stereocenters. The van der Waals surface area contributed by atoms with Crippen LogP contribution in [0.2, 0.25) is 0 Å². The van der Waals surface area contributed by atoms with Crippen molar-refractivity contribution in [1.82, 2.24) is 4.98 Å². The van der Waals surface area contributed by atoms with Gasteiger partial charge in [-0.2, -0.15) is 0 Å². The number of amides is 1. The van der Waals surface area contributed by atoms with Crippen LogP contribution in [0.15, 0.2) is 53.9 Å². The van der Waals surface area contributed by atoms with Crippen LogP contribution in [-0.2, 0) is 14.3 Å². The number of fused-ring (bicyclic) bond motifs is 1. The monoisotopic (exact) mass is 436 g/mol. The average Bonchev–Trinajstić information content (AvgIpc) is 3.28. The van der Waals surface area contributed by atoms with Crippen LogP contribution in [0.25, 0.3) is 21.8 Å². The molecule has 2 aromatic carbocycles. The molecular formula is C24H24N2O4S. The number of hydrogen-bond donors (Lipinski definition) is 0. The quantitative estimate of drug-likeness (QED) is 0.513. The number of hydrogen-bond acceptors (Lipinski definition) is 6. The molecule has 0 saturated carbocycles. The first kappa shape index (κ1) is 21.1.